The van der Waals surface area contributed by atoms with Crippen molar-refractivity contribution in [2.75, 3.05) is 0 Å². The van der Waals surface area contributed by atoms with E-state index in [2.05, 4.69) is 51.7 Å². The fourth-order valence-corrected chi connectivity index (χ4v) is 7.23. The van der Waals surface area contributed by atoms with E-state index in [1.54, 1.807) is 0 Å². The third-order valence-electron chi connectivity index (χ3n) is 10.2. The summed E-state index contributed by atoms with van der Waals surface area (Å²) in [6.07, 6.45) is 15.9. The van der Waals surface area contributed by atoms with Crippen LogP contribution in [0.1, 0.15) is 86.0 Å². The van der Waals surface area contributed by atoms with Gasteiger partial charge in [-0.1, -0.05) is 62.8 Å². The highest BCUT2D eigenvalue weighted by molar-refractivity contribution is 5.64. The van der Waals surface area contributed by atoms with Crippen LogP contribution in [0, 0.1) is 39.2 Å². The maximum Gasteiger partial charge on any atom is 0.514 e. The van der Waals surface area contributed by atoms with Gasteiger partial charge in [0.15, 0.2) is 0 Å². The molecule has 0 spiro atoms. The second-order valence-corrected chi connectivity index (χ2v) is 13.4. The van der Waals surface area contributed by atoms with E-state index in [1.165, 1.54) is 55.5 Å². The SMILES string of the molecule is C=C1CC[C@H](OC(=O)Oc2ccc([N+](=O)[O-])cc2)C/C1=C/C=C1\CCC[C@]2(C)[C@@H]([C@H](C)/C=C/[C@H](C)C(C)(C)O)CC[C@@H]12. The molecule has 0 aromatic heterocycles. The number of fused-ring (bicyclic) bond motifs is 1. The number of nitro benzene ring substituents is 1. The molecule has 3 aliphatic carbocycles. The van der Waals surface area contributed by atoms with Crippen LogP contribution in [-0.2, 0) is 4.74 Å². The number of non-ortho nitro benzene ring substituents is 1. The summed E-state index contributed by atoms with van der Waals surface area (Å²) in [6, 6.07) is 5.36. The van der Waals surface area contributed by atoms with Crippen molar-refractivity contribution in [1.82, 2.24) is 0 Å². The van der Waals surface area contributed by atoms with Crippen molar-refractivity contribution < 1.29 is 24.3 Å². The molecule has 228 valence electrons. The Hall–Kier alpha value is -3.19. The van der Waals surface area contributed by atoms with Crippen LogP contribution in [0.15, 0.2) is 71.9 Å². The van der Waals surface area contributed by atoms with Crippen LogP contribution < -0.4 is 4.74 Å². The molecule has 0 unspecified atom stereocenters. The van der Waals surface area contributed by atoms with Gasteiger partial charge in [-0.2, -0.15) is 0 Å². The number of aliphatic hydroxyl groups is 1. The lowest BCUT2D eigenvalue weighted by Crippen LogP contribution is -2.35. The number of nitro groups is 1. The molecule has 3 aliphatic rings. The maximum absolute atomic E-state index is 12.4. The first-order valence-electron chi connectivity index (χ1n) is 15.4. The summed E-state index contributed by atoms with van der Waals surface area (Å²) in [7, 11) is 0. The lowest BCUT2D eigenvalue weighted by Gasteiger charge is -2.44. The molecule has 0 radical (unpaired) electrons. The van der Waals surface area contributed by atoms with Crippen LogP contribution in [-0.4, -0.2) is 27.9 Å². The Kier molecular flexibility index (Phi) is 9.81. The molecule has 1 aromatic rings. The van der Waals surface area contributed by atoms with Gasteiger partial charge in [0.1, 0.15) is 11.9 Å². The van der Waals surface area contributed by atoms with E-state index in [0.717, 1.165) is 24.0 Å². The molecular weight excluding hydrogens is 530 g/mol. The van der Waals surface area contributed by atoms with E-state index in [0.29, 0.717) is 30.6 Å². The fraction of sp³-hybridized carbons (Fsp3) is 0.571. The number of nitrogens with zero attached hydrogens (tertiary/aromatic N) is 1. The first kappa shape index (κ1) is 31.7. The summed E-state index contributed by atoms with van der Waals surface area (Å²) < 4.78 is 10.9. The molecule has 0 bridgehead atoms. The molecule has 1 aromatic carbocycles. The van der Waals surface area contributed by atoms with Gasteiger partial charge < -0.3 is 14.6 Å². The second-order valence-electron chi connectivity index (χ2n) is 13.4. The highest BCUT2D eigenvalue weighted by Crippen LogP contribution is 2.59. The van der Waals surface area contributed by atoms with Crippen molar-refractivity contribution in [2.45, 2.75) is 97.7 Å². The number of carbonyl (C=O) groups excluding carboxylic acids is 1. The quantitative estimate of drug-likeness (QED) is 0.109. The standard InChI is InChI=1S/C35H47NO6/c1-23-10-16-30(42-33(37)41-29-17-14-28(15-18-29)36(39)40)22-27(23)13-12-26-8-7-21-35(6)31(19-20-32(26)35)24(2)9-11-25(3)34(4,5)38/h9,11-15,17-18,24-25,30-32,38H,1,7-8,10,16,19-22H2,2-6H3/b11-9+,26-12+,27-13-/t24-,25+,30+,31-,32+,35-/m1/s1. The average Bonchev–Trinajstić information content (AvgIpc) is 3.29. The number of ether oxygens (including phenoxy) is 2. The van der Waals surface area contributed by atoms with Gasteiger partial charge in [0.05, 0.1) is 10.5 Å². The molecule has 0 heterocycles. The average molecular weight is 578 g/mol. The highest BCUT2D eigenvalue weighted by atomic mass is 16.7. The van der Waals surface area contributed by atoms with Crippen molar-refractivity contribution >= 4 is 11.8 Å². The van der Waals surface area contributed by atoms with E-state index in [9.17, 15) is 20.0 Å². The van der Waals surface area contributed by atoms with Crippen molar-refractivity contribution in [1.29, 1.82) is 0 Å². The van der Waals surface area contributed by atoms with Gasteiger partial charge in [-0.3, -0.25) is 10.1 Å². The van der Waals surface area contributed by atoms with Crippen LogP contribution in [0.25, 0.3) is 0 Å². The van der Waals surface area contributed by atoms with Crippen LogP contribution in [0.3, 0.4) is 0 Å². The molecule has 0 aliphatic heterocycles. The van der Waals surface area contributed by atoms with Crippen molar-refractivity contribution in [3.8, 4) is 5.75 Å². The van der Waals surface area contributed by atoms with Gasteiger partial charge in [0.2, 0.25) is 0 Å². The molecular formula is C35H47NO6. The summed E-state index contributed by atoms with van der Waals surface area (Å²) >= 11 is 0. The number of hydrogen-bond acceptors (Lipinski definition) is 6. The minimum Gasteiger partial charge on any atom is -0.430 e. The topological polar surface area (TPSA) is 98.9 Å². The lowest BCUT2D eigenvalue weighted by atomic mass is 9.61. The first-order valence-corrected chi connectivity index (χ1v) is 15.4. The molecule has 4 rings (SSSR count). The smallest absolute Gasteiger partial charge is 0.430 e. The summed E-state index contributed by atoms with van der Waals surface area (Å²) in [4.78, 5) is 22.8. The third-order valence-corrected chi connectivity index (χ3v) is 10.2. The normalized spacial score (nSPS) is 29.9. The zero-order valence-electron chi connectivity index (χ0n) is 25.8. The molecule has 6 atom stereocenters. The maximum atomic E-state index is 12.4. The molecule has 7 heteroatoms. The molecule has 0 amide bonds. The fourth-order valence-electron chi connectivity index (χ4n) is 7.23. The Morgan fingerprint density at radius 3 is 2.52 bits per heavy atom. The zero-order chi connectivity index (χ0) is 30.7. The minimum atomic E-state index is -0.806. The van der Waals surface area contributed by atoms with Gasteiger partial charge >= 0.3 is 6.16 Å². The van der Waals surface area contributed by atoms with Gasteiger partial charge in [-0.15, -0.1) is 0 Å². The van der Waals surface area contributed by atoms with Crippen molar-refractivity contribution in [3.63, 3.8) is 0 Å². The minimum absolute atomic E-state index is 0.0695. The Labute approximate surface area is 250 Å². The predicted molar refractivity (Wildman–Crippen MR) is 165 cm³/mol. The van der Waals surface area contributed by atoms with Crippen molar-refractivity contribution in [2.24, 2.45) is 29.1 Å². The van der Waals surface area contributed by atoms with Gasteiger partial charge in [-0.05, 0) is 99.7 Å². The highest BCUT2D eigenvalue weighted by Gasteiger charge is 2.50. The summed E-state index contributed by atoms with van der Waals surface area (Å²) in [6.45, 7) is 14.9. The van der Waals surface area contributed by atoms with Crippen LogP contribution in [0.2, 0.25) is 0 Å². The van der Waals surface area contributed by atoms with Crippen LogP contribution in [0.5, 0.6) is 5.75 Å². The molecule has 3 fully saturated rings. The Balaban J connectivity index is 1.39. The third kappa shape index (κ3) is 7.41. The van der Waals surface area contributed by atoms with E-state index in [1.807, 2.05) is 13.8 Å². The van der Waals surface area contributed by atoms with Crippen LogP contribution in [0.4, 0.5) is 10.5 Å². The Morgan fingerprint density at radius 2 is 1.86 bits per heavy atom. The van der Waals surface area contributed by atoms with E-state index < -0.39 is 16.7 Å². The number of benzene rings is 1. The van der Waals surface area contributed by atoms with Crippen LogP contribution >= 0.6 is 0 Å². The molecule has 7 nitrogen and oxygen atoms in total. The van der Waals surface area contributed by atoms with E-state index in [-0.39, 0.29) is 28.9 Å². The summed E-state index contributed by atoms with van der Waals surface area (Å²) in [5, 5.41) is 21.2. The largest absolute Gasteiger partial charge is 0.514 e. The monoisotopic (exact) mass is 577 g/mol. The van der Waals surface area contributed by atoms with E-state index in [4.69, 9.17) is 9.47 Å². The number of carbonyl (C=O) groups is 1. The second kappa shape index (κ2) is 13.0. The zero-order valence-corrected chi connectivity index (χ0v) is 25.8. The summed E-state index contributed by atoms with van der Waals surface area (Å²) in [5.74, 6) is 1.96. The molecule has 0 saturated heterocycles. The predicted octanol–water partition coefficient (Wildman–Crippen LogP) is 8.89. The molecule has 1 N–H and O–H groups in total. The molecule has 42 heavy (non-hydrogen) atoms. The lowest BCUT2D eigenvalue weighted by molar-refractivity contribution is -0.384. The van der Waals surface area contributed by atoms with E-state index >= 15 is 0 Å². The Morgan fingerprint density at radius 1 is 1.14 bits per heavy atom. The van der Waals surface area contributed by atoms with Gasteiger partial charge in [0.25, 0.3) is 5.69 Å². The summed E-state index contributed by atoms with van der Waals surface area (Å²) in [5.41, 5.74) is 3.20. The number of rotatable bonds is 8. The first-order chi connectivity index (χ1) is 19.8. The number of hydrogen-bond donors (Lipinski definition) is 1. The van der Waals surface area contributed by atoms with Gasteiger partial charge in [0, 0.05) is 24.5 Å². The van der Waals surface area contributed by atoms with Gasteiger partial charge in [-0.25, -0.2) is 4.79 Å². The number of allylic oxidation sites excluding steroid dienone is 5. The molecule has 3 saturated carbocycles. The van der Waals surface area contributed by atoms with Crippen molar-refractivity contribution in [3.05, 3.63) is 82.0 Å². The Bertz CT molecular complexity index is 1250.